The Labute approximate surface area is 195 Å². The van der Waals surface area contributed by atoms with E-state index in [4.69, 9.17) is 22.1 Å². The van der Waals surface area contributed by atoms with E-state index < -0.39 is 6.04 Å². The third-order valence-corrected chi connectivity index (χ3v) is 7.02. The number of hydrogen-bond acceptors (Lipinski definition) is 5. The predicted octanol–water partition coefficient (Wildman–Crippen LogP) is 4.16. The van der Waals surface area contributed by atoms with Crippen LogP contribution in [0.15, 0.2) is 64.4 Å². The largest absolute Gasteiger partial charge is 0.497 e. The number of carbonyl (C=O) groups excluding carboxylic acids is 1. The molecule has 166 valence electrons. The lowest BCUT2D eigenvalue weighted by molar-refractivity contribution is 0.0936. The van der Waals surface area contributed by atoms with Crippen molar-refractivity contribution in [1.82, 2.24) is 9.88 Å². The average molecular weight is 470 g/mol. The summed E-state index contributed by atoms with van der Waals surface area (Å²) in [5.74, 6) is 1.09. The van der Waals surface area contributed by atoms with Crippen LogP contribution in [0.1, 0.15) is 46.1 Å². The third kappa shape index (κ3) is 4.55. The minimum absolute atomic E-state index is 0.160. The molecule has 2 heterocycles. The Kier molecular flexibility index (Phi) is 6.60. The van der Waals surface area contributed by atoms with Crippen molar-refractivity contribution < 1.29 is 9.53 Å². The summed E-state index contributed by atoms with van der Waals surface area (Å²) in [6.45, 7) is 2.25. The minimum atomic E-state index is -0.397. The van der Waals surface area contributed by atoms with E-state index in [2.05, 4.69) is 5.32 Å². The van der Waals surface area contributed by atoms with Crippen molar-refractivity contribution in [1.29, 1.82) is 0 Å². The van der Waals surface area contributed by atoms with Crippen LogP contribution < -0.4 is 21.3 Å². The van der Waals surface area contributed by atoms with Crippen molar-refractivity contribution >= 4 is 29.3 Å². The Balaban J connectivity index is 1.65. The van der Waals surface area contributed by atoms with Crippen molar-refractivity contribution in [3.8, 4) is 5.75 Å². The van der Waals surface area contributed by atoms with Crippen LogP contribution >= 0.6 is 23.4 Å². The summed E-state index contributed by atoms with van der Waals surface area (Å²) in [5, 5.41) is 3.67. The van der Waals surface area contributed by atoms with Gasteiger partial charge in [-0.2, -0.15) is 0 Å². The number of halogens is 1. The second-order valence-electron chi connectivity index (χ2n) is 7.73. The van der Waals surface area contributed by atoms with Crippen molar-refractivity contribution in [2.75, 3.05) is 12.9 Å². The first-order valence-corrected chi connectivity index (χ1v) is 11.6. The summed E-state index contributed by atoms with van der Waals surface area (Å²) in [6.07, 6.45) is 1.64. The van der Waals surface area contributed by atoms with Crippen LogP contribution in [0, 0.1) is 0 Å². The van der Waals surface area contributed by atoms with E-state index in [-0.39, 0.29) is 17.5 Å². The maximum Gasteiger partial charge on any atom is 0.256 e. The number of nitrogens with two attached hydrogens (primary N) is 1. The molecule has 2 aromatic carbocycles. The molecular weight excluding hydrogens is 446 g/mol. The fourth-order valence-electron chi connectivity index (χ4n) is 3.72. The highest BCUT2D eigenvalue weighted by atomic mass is 35.5. The zero-order valence-electron chi connectivity index (χ0n) is 17.8. The van der Waals surface area contributed by atoms with Crippen molar-refractivity contribution in [3.05, 3.63) is 92.4 Å². The quantitative estimate of drug-likeness (QED) is 0.566. The normalized spacial score (nSPS) is 15.8. The Morgan fingerprint density at radius 1 is 1.25 bits per heavy atom. The van der Waals surface area contributed by atoms with Crippen LogP contribution in [0.4, 0.5) is 0 Å². The molecular formula is C24H24ClN3O3S. The van der Waals surface area contributed by atoms with E-state index >= 15 is 0 Å². The molecule has 0 aliphatic carbocycles. The molecule has 4 rings (SSSR count). The zero-order valence-corrected chi connectivity index (χ0v) is 19.4. The predicted molar refractivity (Wildman–Crippen MR) is 128 cm³/mol. The molecule has 0 bridgehead atoms. The molecule has 1 amide bonds. The van der Waals surface area contributed by atoms with Gasteiger partial charge in [-0.25, -0.2) is 0 Å². The number of ether oxygens (including phenoxy) is 1. The molecule has 32 heavy (non-hydrogen) atoms. The van der Waals surface area contributed by atoms with Crippen LogP contribution in [0.5, 0.6) is 5.75 Å². The van der Waals surface area contributed by atoms with Crippen molar-refractivity contribution in [2.45, 2.75) is 30.4 Å². The van der Waals surface area contributed by atoms with Crippen LogP contribution in [0.3, 0.4) is 0 Å². The lowest BCUT2D eigenvalue weighted by Gasteiger charge is -2.18. The topological polar surface area (TPSA) is 86.3 Å². The fraction of sp³-hybridized carbons (Fsp3) is 0.250. The monoisotopic (exact) mass is 469 g/mol. The smallest absolute Gasteiger partial charge is 0.256 e. The molecule has 6 nitrogen and oxygen atoms in total. The van der Waals surface area contributed by atoms with Gasteiger partial charge in [0, 0.05) is 33.5 Å². The van der Waals surface area contributed by atoms with Gasteiger partial charge < -0.3 is 20.4 Å². The highest BCUT2D eigenvalue weighted by Gasteiger charge is 2.30. The molecule has 0 spiro atoms. The van der Waals surface area contributed by atoms with Crippen molar-refractivity contribution in [3.63, 3.8) is 0 Å². The lowest BCUT2D eigenvalue weighted by atomic mass is 10.1. The van der Waals surface area contributed by atoms with Gasteiger partial charge in [-0.05, 0) is 42.3 Å². The van der Waals surface area contributed by atoms with Gasteiger partial charge in [-0.3, -0.25) is 9.59 Å². The molecule has 1 aromatic heterocycles. The maximum absolute atomic E-state index is 13.3. The highest BCUT2D eigenvalue weighted by molar-refractivity contribution is 7.99. The Morgan fingerprint density at radius 2 is 1.94 bits per heavy atom. The molecule has 8 heteroatoms. The Morgan fingerprint density at radius 3 is 2.59 bits per heavy atom. The number of pyridine rings is 1. The van der Waals surface area contributed by atoms with Crippen LogP contribution in [-0.2, 0) is 6.54 Å². The minimum Gasteiger partial charge on any atom is -0.497 e. The van der Waals surface area contributed by atoms with E-state index in [1.54, 1.807) is 30.0 Å². The van der Waals surface area contributed by atoms with Gasteiger partial charge >= 0.3 is 0 Å². The Hall–Kier alpha value is -2.74. The second-order valence-corrected chi connectivity index (χ2v) is 9.20. The molecule has 1 aliphatic rings. The van der Waals surface area contributed by atoms with Crippen LogP contribution in [0.25, 0.3) is 0 Å². The number of amides is 1. The summed E-state index contributed by atoms with van der Waals surface area (Å²) in [7, 11) is 1.61. The van der Waals surface area contributed by atoms with E-state index in [9.17, 15) is 9.59 Å². The van der Waals surface area contributed by atoms with Gasteiger partial charge in [0.05, 0.1) is 25.3 Å². The Bertz CT molecular complexity index is 1190. The molecule has 1 aliphatic heterocycles. The number of benzene rings is 2. The molecule has 0 unspecified atom stereocenters. The average Bonchev–Trinajstić information content (AvgIpc) is 3.18. The second kappa shape index (κ2) is 9.40. The molecule has 0 fully saturated rings. The number of fused-ring (bicyclic) bond motifs is 1. The number of rotatable bonds is 6. The molecule has 0 saturated heterocycles. The van der Waals surface area contributed by atoms with E-state index in [1.807, 2.05) is 43.3 Å². The number of methoxy groups -OCH3 is 1. The zero-order chi connectivity index (χ0) is 22.8. The van der Waals surface area contributed by atoms with Gasteiger partial charge in [-0.15, -0.1) is 11.8 Å². The number of hydrogen-bond donors (Lipinski definition) is 2. The maximum atomic E-state index is 13.3. The number of carbonyl (C=O) groups is 1. The number of nitrogens with zero attached hydrogens (tertiary/aromatic N) is 1. The van der Waals surface area contributed by atoms with Gasteiger partial charge in [0.2, 0.25) is 0 Å². The van der Waals surface area contributed by atoms with Crippen molar-refractivity contribution in [2.24, 2.45) is 5.73 Å². The molecule has 0 radical (unpaired) electrons. The highest BCUT2D eigenvalue weighted by Crippen LogP contribution is 2.37. The van der Waals surface area contributed by atoms with E-state index in [1.165, 1.54) is 11.8 Å². The number of aromatic nitrogens is 1. The first-order valence-electron chi connectivity index (χ1n) is 10.2. The SMILES string of the molecule is COc1ccc([C@@H](C)NC(=O)c2cn(Cc3ccc(Cl)cc3)c(=O)c3c2SC[C@@H]3N)cc1. The third-order valence-electron chi connectivity index (χ3n) is 5.52. The summed E-state index contributed by atoms with van der Waals surface area (Å²) < 4.78 is 6.75. The summed E-state index contributed by atoms with van der Waals surface area (Å²) in [6, 6.07) is 14.2. The summed E-state index contributed by atoms with van der Waals surface area (Å²) >= 11 is 7.43. The van der Waals surface area contributed by atoms with Gasteiger partial charge in [0.25, 0.3) is 11.5 Å². The van der Waals surface area contributed by atoms with Gasteiger partial charge in [-0.1, -0.05) is 35.9 Å². The molecule has 0 saturated carbocycles. The standard InChI is InChI=1S/C24H24ClN3O3S/c1-14(16-5-9-18(31-2)10-6-16)27-23(29)19-12-28(11-15-3-7-17(25)8-4-15)24(30)21-20(26)13-32-22(19)21/h3-10,12,14,20H,11,13,26H2,1-2H3,(H,27,29)/t14-,20+/m1/s1. The first kappa shape index (κ1) is 22.5. The lowest BCUT2D eigenvalue weighted by Crippen LogP contribution is -2.32. The molecule has 2 atom stereocenters. The van der Waals surface area contributed by atoms with E-state index in [0.29, 0.717) is 33.3 Å². The molecule has 3 N–H and O–H groups in total. The summed E-state index contributed by atoms with van der Waals surface area (Å²) in [5.41, 5.74) is 8.90. The van der Waals surface area contributed by atoms with Gasteiger partial charge in [0.1, 0.15) is 5.75 Å². The molecule has 3 aromatic rings. The number of thioether (sulfide) groups is 1. The van der Waals surface area contributed by atoms with Gasteiger partial charge in [0.15, 0.2) is 0 Å². The van der Waals surface area contributed by atoms with E-state index in [0.717, 1.165) is 16.9 Å². The van der Waals surface area contributed by atoms with Crippen LogP contribution in [0.2, 0.25) is 5.02 Å². The fourth-order valence-corrected chi connectivity index (χ4v) is 5.06. The first-order chi connectivity index (χ1) is 15.4. The number of nitrogens with one attached hydrogen (secondary N) is 1. The summed E-state index contributed by atoms with van der Waals surface area (Å²) in [4.78, 5) is 27.1. The van der Waals surface area contributed by atoms with Crippen LogP contribution in [-0.4, -0.2) is 23.3 Å².